The average Bonchev–Trinajstić information content (AvgIpc) is 2.49. The number of ether oxygens (including phenoxy) is 2. The van der Waals surface area contributed by atoms with Crippen LogP contribution in [0.25, 0.3) is 10.8 Å². The van der Waals surface area contributed by atoms with E-state index in [1.54, 1.807) is 12.1 Å². The molecule has 0 fully saturated rings. The Labute approximate surface area is 120 Å². The lowest BCUT2D eigenvalue weighted by Crippen LogP contribution is -2.12. The highest BCUT2D eigenvalue weighted by Crippen LogP contribution is 2.43. The van der Waals surface area contributed by atoms with Crippen molar-refractivity contribution in [1.82, 2.24) is 0 Å². The van der Waals surface area contributed by atoms with Crippen molar-refractivity contribution in [3.63, 3.8) is 0 Å². The summed E-state index contributed by atoms with van der Waals surface area (Å²) in [4.78, 5) is 24.0. The summed E-state index contributed by atoms with van der Waals surface area (Å²) < 4.78 is 10.5. The molecule has 3 rings (SSSR count). The van der Waals surface area contributed by atoms with Crippen molar-refractivity contribution in [2.75, 3.05) is 14.2 Å². The third-order valence-electron chi connectivity index (χ3n) is 3.52. The number of hydrogen-bond acceptors (Lipinski definition) is 5. The molecule has 0 heterocycles. The van der Waals surface area contributed by atoms with Crippen molar-refractivity contribution in [3.05, 3.63) is 41.5 Å². The molecule has 1 aliphatic rings. The molecule has 0 aliphatic heterocycles. The van der Waals surface area contributed by atoms with E-state index in [0.717, 1.165) is 0 Å². The molecule has 2 aromatic carbocycles. The summed E-state index contributed by atoms with van der Waals surface area (Å²) in [6, 6.07) is 4.57. The van der Waals surface area contributed by atoms with Crippen LogP contribution in [0, 0.1) is 0 Å². The molecular formula is C16H12O5. The molecule has 0 radical (unpaired) electrons. The molecule has 0 aromatic heterocycles. The second kappa shape index (κ2) is 4.63. The fraction of sp³-hybridized carbons (Fsp3) is 0.125. The van der Waals surface area contributed by atoms with E-state index in [-0.39, 0.29) is 28.4 Å². The molecule has 0 spiro atoms. The van der Waals surface area contributed by atoms with Gasteiger partial charge in [0.05, 0.1) is 19.6 Å². The third kappa shape index (κ3) is 1.78. The van der Waals surface area contributed by atoms with Crippen molar-refractivity contribution in [2.24, 2.45) is 0 Å². The highest BCUT2D eigenvalue weighted by Gasteiger charge is 2.26. The number of ketones is 2. The van der Waals surface area contributed by atoms with Crippen molar-refractivity contribution < 1.29 is 24.2 Å². The van der Waals surface area contributed by atoms with E-state index in [0.29, 0.717) is 22.3 Å². The molecule has 1 aliphatic carbocycles. The summed E-state index contributed by atoms with van der Waals surface area (Å²) in [7, 11) is 2.93. The maximum Gasteiger partial charge on any atom is 0.187 e. The summed E-state index contributed by atoms with van der Waals surface area (Å²) >= 11 is 0. The topological polar surface area (TPSA) is 72.8 Å². The molecule has 0 saturated carbocycles. The predicted molar refractivity (Wildman–Crippen MR) is 76.5 cm³/mol. The van der Waals surface area contributed by atoms with Crippen LogP contribution < -0.4 is 9.47 Å². The number of hydrogen-bond donors (Lipinski definition) is 1. The molecule has 106 valence electrons. The zero-order chi connectivity index (χ0) is 15.1. The van der Waals surface area contributed by atoms with Gasteiger partial charge in [0.2, 0.25) is 0 Å². The van der Waals surface area contributed by atoms with E-state index in [9.17, 15) is 14.7 Å². The quantitative estimate of drug-likeness (QED) is 0.917. The first-order chi connectivity index (χ1) is 10.1. The smallest absolute Gasteiger partial charge is 0.187 e. The lowest BCUT2D eigenvalue weighted by molar-refractivity contribution is 0.0995. The summed E-state index contributed by atoms with van der Waals surface area (Å²) in [6.07, 6.45) is 2.44. The van der Waals surface area contributed by atoms with Crippen LogP contribution in [-0.4, -0.2) is 30.9 Å². The molecular weight excluding hydrogens is 272 g/mol. The number of allylic oxidation sites excluding steroid dienone is 2. The number of phenolic OH excluding ortho intramolecular Hbond substituents is 1. The van der Waals surface area contributed by atoms with Crippen molar-refractivity contribution in [2.45, 2.75) is 0 Å². The van der Waals surface area contributed by atoms with Gasteiger partial charge in [0.25, 0.3) is 0 Å². The van der Waals surface area contributed by atoms with Crippen molar-refractivity contribution in [3.8, 4) is 17.2 Å². The Bertz CT molecular complexity index is 817. The average molecular weight is 284 g/mol. The summed E-state index contributed by atoms with van der Waals surface area (Å²) in [5.74, 6) is 0.0461. The van der Waals surface area contributed by atoms with Gasteiger partial charge in [-0.3, -0.25) is 9.59 Å². The standard InChI is InChI=1S/C16H12O5/c1-20-13-6-3-8-14-9(10(17)4-5-11(14)18)7-12(19)15(8)16(13)21-2/h3-7,19H,1-2H3. The molecule has 0 unspecified atom stereocenters. The summed E-state index contributed by atoms with van der Waals surface area (Å²) in [5, 5.41) is 11.1. The molecule has 0 bridgehead atoms. The number of fused-ring (bicyclic) bond motifs is 3. The Kier molecular flexibility index (Phi) is 2.90. The molecule has 5 nitrogen and oxygen atoms in total. The number of methoxy groups -OCH3 is 2. The second-order valence-corrected chi connectivity index (χ2v) is 4.60. The van der Waals surface area contributed by atoms with E-state index < -0.39 is 0 Å². The van der Waals surface area contributed by atoms with Crippen molar-refractivity contribution >= 4 is 22.3 Å². The maximum atomic E-state index is 12.1. The van der Waals surface area contributed by atoms with Gasteiger partial charge in [-0.1, -0.05) is 0 Å². The first-order valence-electron chi connectivity index (χ1n) is 6.26. The van der Waals surface area contributed by atoms with E-state index in [2.05, 4.69) is 0 Å². The first-order valence-corrected chi connectivity index (χ1v) is 6.26. The Morgan fingerprint density at radius 2 is 1.71 bits per heavy atom. The fourth-order valence-corrected chi connectivity index (χ4v) is 2.60. The number of aromatic hydroxyl groups is 1. The van der Waals surface area contributed by atoms with E-state index >= 15 is 0 Å². The van der Waals surface area contributed by atoms with Gasteiger partial charge < -0.3 is 14.6 Å². The minimum atomic E-state index is -0.309. The zero-order valence-electron chi connectivity index (χ0n) is 11.5. The minimum Gasteiger partial charge on any atom is -0.507 e. The number of carbonyl (C=O) groups excluding carboxylic acids is 2. The van der Waals surface area contributed by atoms with Crippen LogP contribution in [0.3, 0.4) is 0 Å². The molecule has 0 atom stereocenters. The van der Waals surface area contributed by atoms with E-state index in [4.69, 9.17) is 9.47 Å². The van der Waals surface area contributed by atoms with Gasteiger partial charge in [0, 0.05) is 16.5 Å². The first kappa shape index (κ1) is 13.2. The van der Waals surface area contributed by atoms with E-state index in [1.807, 2.05) is 0 Å². The van der Waals surface area contributed by atoms with Crippen LogP contribution in [0.4, 0.5) is 0 Å². The van der Waals surface area contributed by atoms with Gasteiger partial charge in [-0.05, 0) is 30.4 Å². The van der Waals surface area contributed by atoms with Crippen LogP contribution in [0.1, 0.15) is 20.7 Å². The fourth-order valence-electron chi connectivity index (χ4n) is 2.60. The van der Waals surface area contributed by atoms with Gasteiger partial charge in [-0.25, -0.2) is 0 Å². The Hall–Kier alpha value is -2.82. The van der Waals surface area contributed by atoms with Gasteiger partial charge in [0.1, 0.15) is 5.75 Å². The van der Waals surface area contributed by atoms with Crippen LogP contribution in [-0.2, 0) is 0 Å². The molecule has 5 heteroatoms. The normalized spacial score (nSPS) is 13.4. The molecule has 0 saturated heterocycles. The number of carbonyl (C=O) groups is 2. The monoisotopic (exact) mass is 284 g/mol. The van der Waals surface area contributed by atoms with Crippen LogP contribution in [0.2, 0.25) is 0 Å². The lowest BCUT2D eigenvalue weighted by Gasteiger charge is -2.17. The van der Waals surface area contributed by atoms with Crippen LogP contribution in [0.5, 0.6) is 17.2 Å². The summed E-state index contributed by atoms with van der Waals surface area (Å²) in [6.45, 7) is 0. The molecule has 2 aromatic rings. The maximum absolute atomic E-state index is 12.1. The Morgan fingerprint density at radius 3 is 2.38 bits per heavy atom. The number of benzene rings is 2. The predicted octanol–water partition coefficient (Wildman–Crippen LogP) is 2.50. The Balaban J connectivity index is 2.49. The van der Waals surface area contributed by atoms with Crippen molar-refractivity contribution in [1.29, 1.82) is 0 Å². The van der Waals surface area contributed by atoms with Crippen LogP contribution >= 0.6 is 0 Å². The Morgan fingerprint density at radius 1 is 1.00 bits per heavy atom. The molecule has 1 N–H and O–H groups in total. The third-order valence-corrected chi connectivity index (χ3v) is 3.52. The lowest BCUT2D eigenvalue weighted by atomic mass is 9.89. The number of phenols is 1. The highest BCUT2D eigenvalue weighted by atomic mass is 16.5. The van der Waals surface area contributed by atoms with Gasteiger partial charge in [-0.15, -0.1) is 0 Å². The zero-order valence-corrected chi connectivity index (χ0v) is 11.5. The minimum absolute atomic E-state index is 0.129. The van der Waals surface area contributed by atoms with Gasteiger partial charge in [0.15, 0.2) is 23.1 Å². The van der Waals surface area contributed by atoms with E-state index in [1.165, 1.54) is 32.4 Å². The number of rotatable bonds is 2. The van der Waals surface area contributed by atoms with Crippen LogP contribution in [0.15, 0.2) is 30.4 Å². The van der Waals surface area contributed by atoms with Gasteiger partial charge >= 0.3 is 0 Å². The second-order valence-electron chi connectivity index (χ2n) is 4.60. The highest BCUT2D eigenvalue weighted by molar-refractivity contribution is 6.28. The largest absolute Gasteiger partial charge is 0.507 e. The summed E-state index contributed by atoms with van der Waals surface area (Å²) in [5.41, 5.74) is 0.468. The molecule has 0 amide bonds. The van der Waals surface area contributed by atoms with Gasteiger partial charge in [-0.2, -0.15) is 0 Å². The SMILES string of the molecule is COc1ccc2c3c(cc(O)c2c1OC)C(=O)C=CC3=O. The molecule has 21 heavy (non-hydrogen) atoms.